The number of unbranched alkanes of at least 4 members (excludes halogenated alkanes) is 4. The summed E-state index contributed by atoms with van der Waals surface area (Å²) in [6.45, 7) is 2.10. The Morgan fingerprint density at radius 1 is 0.960 bits per heavy atom. The van der Waals surface area contributed by atoms with Crippen molar-refractivity contribution in [2.24, 2.45) is 0 Å². The first-order chi connectivity index (χ1) is 12.1. The highest BCUT2D eigenvalue weighted by Gasteiger charge is 2.13. The Bertz CT molecular complexity index is 487. The zero-order chi connectivity index (χ0) is 18.3. The third kappa shape index (κ3) is 11.4. The molecule has 0 aliphatic heterocycles. The Hall–Kier alpha value is -1.84. The number of rotatable bonds is 14. The van der Waals surface area contributed by atoms with Gasteiger partial charge >= 0.3 is 5.97 Å². The van der Waals surface area contributed by atoms with Gasteiger partial charge in [0.2, 0.25) is 5.91 Å². The standard InChI is InChI=1S/C21H33NO3/c1-2-3-14-19(16-17-21(24)25)22-20(23)15-10-5-4-7-11-18-12-8-6-9-13-18/h6,8-9,12-13,19H,2-5,7,10-11,14-17H2,1H3,(H,22,23)(H,24,25)/t19-/m1/s1. The van der Waals surface area contributed by atoms with Gasteiger partial charge in [-0.15, -0.1) is 0 Å². The second-order valence-electron chi connectivity index (χ2n) is 6.74. The Balaban J connectivity index is 2.13. The van der Waals surface area contributed by atoms with Gasteiger partial charge in [0.05, 0.1) is 0 Å². The molecule has 0 saturated carbocycles. The van der Waals surface area contributed by atoms with Gasteiger partial charge in [-0.25, -0.2) is 0 Å². The first-order valence-electron chi connectivity index (χ1n) is 9.67. The Labute approximate surface area is 152 Å². The summed E-state index contributed by atoms with van der Waals surface area (Å²) in [7, 11) is 0. The number of hydrogen-bond acceptors (Lipinski definition) is 2. The third-order valence-corrected chi connectivity index (χ3v) is 4.44. The van der Waals surface area contributed by atoms with Crippen LogP contribution in [0.2, 0.25) is 0 Å². The molecule has 4 nitrogen and oxygen atoms in total. The summed E-state index contributed by atoms with van der Waals surface area (Å²) >= 11 is 0. The Morgan fingerprint density at radius 2 is 1.68 bits per heavy atom. The topological polar surface area (TPSA) is 66.4 Å². The minimum atomic E-state index is -0.797. The van der Waals surface area contributed by atoms with Gasteiger partial charge in [0.15, 0.2) is 0 Å². The molecule has 0 spiro atoms. The summed E-state index contributed by atoms with van der Waals surface area (Å²) in [4.78, 5) is 22.8. The number of aliphatic carboxylic acids is 1. The average molecular weight is 347 g/mol. The van der Waals surface area contributed by atoms with E-state index in [1.165, 1.54) is 5.56 Å². The molecule has 0 unspecified atom stereocenters. The minimum absolute atomic E-state index is 0.00151. The molecule has 0 bridgehead atoms. The molecule has 0 radical (unpaired) electrons. The number of amides is 1. The maximum atomic E-state index is 12.1. The van der Waals surface area contributed by atoms with Gasteiger partial charge in [0.1, 0.15) is 0 Å². The highest BCUT2D eigenvalue weighted by molar-refractivity contribution is 5.76. The van der Waals surface area contributed by atoms with Crippen molar-refractivity contribution in [2.75, 3.05) is 0 Å². The summed E-state index contributed by atoms with van der Waals surface area (Å²) in [5.41, 5.74) is 1.37. The smallest absolute Gasteiger partial charge is 0.303 e. The van der Waals surface area contributed by atoms with Crippen molar-refractivity contribution in [1.82, 2.24) is 5.32 Å². The summed E-state index contributed by atoms with van der Waals surface area (Å²) in [6, 6.07) is 10.5. The number of nitrogens with one attached hydrogen (secondary N) is 1. The molecule has 1 aromatic carbocycles. The van der Waals surface area contributed by atoms with E-state index in [-0.39, 0.29) is 18.4 Å². The predicted octanol–water partition coefficient (Wildman–Crippen LogP) is 4.72. The molecule has 4 heteroatoms. The molecular weight excluding hydrogens is 314 g/mol. The average Bonchev–Trinajstić information content (AvgIpc) is 2.61. The minimum Gasteiger partial charge on any atom is -0.481 e. The van der Waals surface area contributed by atoms with Crippen molar-refractivity contribution in [3.8, 4) is 0 Å². The molecule has 0 aromatic heterocycles. The number of carbonyl (C=O) groups is 2. The number of carbonyl (C=O) groups excluding carboxylic acids is 1. The van der Waals surface area contributed by atoms with Crippen LogP contribution in [-0.4, -0.2) is 23.0 Å². The Morgan fingerprint density at radius 3 is 2.36 bits per heavy atom. The molecule has 1 atom stereocenters. The van der Waals surface area contributed by atoms with Gasteiger partial charge in [-0.1, -0.05) is 62.9 Å². The van der Waals surface area contributed by atoms with Gasteiger partial charge in [0, 0.05) is 18.9 Å². The van der Waals surface area contributed by atoms with Crippen molar-refractivity contribution < 1.29 is 14.7 Å². The van der Waals surface area contributed by atoms with E-state index in [2.05, 4.69) is 36.5 Å². The number of benzene rings is 1. The molecule has 1 amide bonds. The molecule has 0 fully saturated rings. The van der Waals surface area contributed by atoms with Crippen LogP contribution in [-0.2, 0) is 16.0 Å². The lowest BCUT2D eigenvalue weighted by Gasteiger charge is -2.17. The van der Waals surface area contributed by atoms with Crippen LogP contribution >= 0.6 is 0 Å². The fourth-order valence-electron chi connectivity index (χ4n) is 2.95. The fourth-order valence-corrected chi connectivity index (χ4v) is 2.95. The molecule has 0 aliphatic rings. The molecular formula is C21H33NO3. The summed E-state index contributed by atoms with van der Waals surface area (Å²) in [6.07, 6.45) is 9.49. The number of aryl methyl sites for hydroxylation is 1. The number of carboxylic acid groups (broad SMARTS) is 1. The summed E-state index contributed by atoms with van der Waals surface area (Å²) < 4.78 is 0. The normalized spacial score (nSPS) is 11.9. The first-order valence-corrected chi connectivity index (χ1v) is 9.67. The molecule has 0 saturated heterocycles. The third-order valence-electron chi connectivity index (χ3n) is 4.44. The number of hydrogen-bond donors (Lipinski definition) is 2. The van der Waals surface area contributed by atoms with Gasteiger partial charge < -0.3 is 10.4 Å². The molecule has 1 rings (SSSR count). The van der Waals surface area contributed by atoms with E-state index in [0.29, 0.717) is 12.8 Å². The van der Waals surface area contributed by atoms with Crippen LogP contribution < -0.4 is 5.32 Å². The van der Waals surface area contributed by atoms with Crippen molar-refractivity contribution >= 4 is 11.9 Å². The van der Waals surface area contributed by atoms with E-state index >= 15 is 0 Å². The number of carboxylic acids is 1. The van der Waals surface area contributed by atoms with Crippen LogP contribution in [0.4, 0.5) is 0 Å². The molecule has 2 N–H and O–H groups in total. The van der Waals surface area contributed by atoms with Crippen LogP contribution in [0.25, 0.3) is 0 Å². The maximum absolute atomic E-state index is 12.1. The van der Waals surface area contributed by atoms with E-state index < -0.39 is 5.97 Å². The molecule has 0 heterocycles. The molecule has 25 heavy (non-hydrogen) atoms. The monoisotopic (exact) mass is 347 g/mol. The SMILES string of the molecule is CCCC[C@H](CCC(=O)O)NC(=O)CCCCCCc1ccccc1. The highest BCUT2D eigenvalue weighted by Crippen LogP contribution is 2.11. The van der Waals surface area contributed by atoms with Crippen LogP contribution in [0.1, 0.15) is 76.7 Å². The van der Waals surface area contributed by atoms with Crippen LogP contribution in [0.5, 0.6) is 0 Å². The maximum Gasteiger partial charge on any atom is 0.303 e. The lowest BCUT2D eigenvalue weighted by Crippen LogP contribution is -2.35. The first kappa shape index (κ1) is 21.2. The van der Waals surface area contributed by atoms with Crippen molar-refractivity contribution in [3.63, 3.8) is 0 Å². The second-order valence-corrected chi connectivity index (χ2v) is 6.74. The van der Waals surface area contributed by atoms with Crippen LogP contribution in [0, 0.1) is 0 Å². The fraction of sp³-hybridized carbons (Fsp3) is 0.619. The largest absolute Gasteiger partial charge is 0.481 e. The van der Waals surface area contributed by atoms with E-state index in [0.717, 1.165) is 51.4 Å². The zero-order valence-electron chi connectivity index (χ0n) is 15.5. The predicted molar refractivity (Wildman–Crippen MR) is 102 cm³/mol. The van der Waals surface area contributed by atoms with E-state index in [4.69, 9.17) is 5.11 Å². The van der Waals surface area contributed by atoms with E-state index in [1.54, 1.807) is 0 Å². The van der Waals surface area contributed by atoms with E-state index in [1.807, 2.05) is 6.07 Å². The summed E-state index contributed by atoms with van der Waals surface area (Å²) in [5, 5.41) is 11.8. The van der Waals surface area contributed by atoms with Crippen LogP contribution in [0.15, 0.2) is 30.3 Å². The molecule has 0 aliphatic carbocycles. The highest BCUT2D eigenvalue weighted by atomic mass is 16.4. The lowest BCUT2D eigenvalue weighted by molar-refractivity contribution is -0.137. The van der Waals surface area contributed by atoms with Gasteiger partial charge in [-0.05, 0) is 37.7 Å². The summed E-state index contributed by atoms with van der Waals surface area (Å²) in [5.74, 6) is -0.733. The van der Waals surface area contributed by atoms with Crippen molar-refractivity contribution in [1.29, 1.82) is 0 Å². The van der Waals surface area contributed by atoms with Gasteiger partial charge in [-0.2, -0.15) is 0 Å². The molecule has 1 aromatic rings. The van der Waals surface area contributed by atoms with E-state index in [9.17, 15) is 9.59 Å². The lowest BCUT2D eigenvalue weighted by atomic mass is 10.0. The Kier molecular flexibility index (Phi) is 11.4. The van der Waals surface area contributed by atoms with Gasteiger partial charge in [0.25, 0.3) is 0 Å². The van der Waals surface area contributed by atoms with Crippen LogP contribution in [0.3, 0.4) is 0 Å². The van der Waals surface area contributed by atoms with Gasteiger partial charge in [-0.3, -0.25) is 9.59 Å². The second kappa shape index (κ2) is 13.5. The zero-order valence-corrected chi connectivity index (χ0v) is 15.5. The van der Waals surface area contributed by atoms with Crippen molar-refractivity contribution in [2.45, 2.75) is 83.6 Å². The van der Waals surface area contributed by atoms with Crippen molar-refractivity contribution in [3.05, 3.63) is 35.9 Å². The molecule has 140 valence electrons. The quantitative estimate of drug-likeness (QED) is 0.479.